The number of amides is 1. The van der Waals surface area contributed by atoms with Crippen LogP contribution < -0.4 is 4.74 Å². The van der Waals surface area contributed by atoms with Crippen molar-refractivity contribution in [2.45, 2.75) is 51.7 Å². The summed E-state index contributed by atoms with van der Waals surface area (Å²) in [6.07, 6.45) is 0.458. The zero-order valence-electron chi connectivity index (χ0n) is 17.1. The molecule has 1 saturated heterocycles. The summed E-state index contributed by atoms with van der Waals surface area (Å²) in [6.45, 7) is 9.22. The SMILES string of the molecule is COCCOc1cccc([C@@H]2CCN(C(=O)OC(C)(C)C)[C@H](C)[C@H]2CO)c1. The molecular formula is C21H33NO5. The van der Waals surface area contributed by atoms with Gasteiger partial charge in [-0.15, -0.1) is 0 Å². The zero-order chi connectivity index (χ0) is 20.0. The van der Waals surface area contributed by atoms with Gasteiger partial charge < -0.3 is 24.2 Å². The van der Waals surface area contributed by atoms with Gasteiger partial charge in [0.25, 0.3) is 0 Å². The molecule has 0 aliphatic carbocycles. The molecule has 0 spiro atoms. The average molecular weight is 379 g/mol. The molecule has 1 N–H and O–H groups in total. The highest BCUT2D eigenvalue weighted by Gasteiger charge is 2.39. The number of carbonyl (C=O) groups excluding carboxylic acids is 1. The van der Waals surface area contributed by atoms with Gasteiger partial charge in [0.15, 0.2) is 0 Å². The Morgan fingerprint density at radius 1 is 1.30 bits per heavy atom. The Morgan fingerprint density at radius 3 is 2.67 bits per heavy atom. The first-order chi connectivity index (χ1) is 12.8. The van der Waals surface area contributed by atoms with Crippen molar-refractivity contribution >= 4 is 6.09 Å². The van der Waals surface area contributed by atoms with E-state index in [1.807, 2.05) is 45.9 Å². The van der Waals surface area contributed by atoms with Gasteiger partial charge in [-0.25, -0.2) is 4.79 Å². The fourth-order valence-corrected chi connectivity index (χ4v) is 3.61. The molecule has 6 nitrogen and oxygen atoms in total. The molecule has 2 rings (SSSR count). The number of nitrogens with zero attached hydrogens (tertiary/aromatic N) is 1. The van der Waals surface area contributed by atoms with Crippen LogP contribution in [0, 0.1) is 5.92 Å². The van der Waals surface area contributed by atoms with Gasteiger partial charge >= 0.3 is 6.09 Å². The lowest BCUT2D eigenvalue weighted by Gasteiger charge is -2.43. The van der Waals surface area contributed by atoms with Crippen LogP contribution in [0.15, 0.2) is 24.3 Å². The summed E-state index contributed by atoms with van der Waals surface area (Å²) in [4.78, 5) is 14.3. The molecule has 1 heterocycles. The minimum Gasteiger partial charge on any atom is -0.491 e. The fourth-order valence-electron chi connectivity index (χ4n) is 3.61. The molecule has 0 bridgehead atoms. The van der Waals surface area contributed by atoms with E-state index in [2.05, 4.69) is 6.07 Å². The lowest BCUT2D eigenvalue weighted by Crippen LogP contribution is -2.52. The van der Waals surface area contributed by atoms with Gasteiger partial charge in [0.1, 0.15) is 18.0 Å². The van der Waals surface area contributed by atoms with Crippen LogP contribution in [-0.2, 0) is 9.47 Å². The van der Waals surface area contributed by atoms with E-state index < -0.39 is 5.60 Å². The summed E-state index contributed by atoms with van der Waals surface area (Å²) in [5.74, 6) is 0.902. The molecule has 152 valence electrons. The van der Waals surface area contributed by atoms with Gasteiger partial charge in [-0.1, -0.05) is 12.1 Å². The third-order valence-corrected chi connectivity index (χ3v) is 4.99. The Labute approximate surface area is 162 Å². The quantitative estimate of drug-likeness (QED) is 0.767. The first-order valence-corrected chi connectivity index (χ1v) is 9.59. The van der Waals surface area contributed by atoms with Crippen molar-refractivity contribution < 1.29 is 24.1 Å². The molecule has 1 aliphatic heterocycles. The van der Waals surface area contributed by atoms with Crippen LogP contribution in [0.1, 0.15) is 45.6 Å². The molecule has 6 heteroatoms. The maximum absolute atomic E-state index is 12.5. The molecule has 0 saturated carbocycles. The topological polar surface area (TPSA) is 68.2 Å². The summed E-state index contributed by atoms with van der Waals surface area (Å²) < 4.78 is 16.3. The number of aliphatic hydroxyl groups excluding tert-OH is 1. The monoisotopic (exact) mass is 379 g/mol. The Hall–Kier alpha value is -1.79. The maximum Gasteiger partial charge on any atom is 0.410 e. The van der Waals surface area contributed by atoms with E-state index in [-0.39, 0.29) is 30.6 Å². The van der Waals surface area contributed by atoms with Crippen molar-refractivity contribution in [1.29, 1.82) is 0 Å². The standard InChI is InChI=1S/C21H33NO5/c1-15-19(14-23)18(9-10-22(15)20(24)27-21(2,3)4)16-7-6-8-17(13-16)26-12-11-25-5/h6-8,13,15,18-19,23H,9-12,14H2,1-5H3/t15-,18+,19-/m1/s1. The van der Waals surface area contributed by atoms with Crippen molar-refractivity contribution in [3.05, 3.63) is 29.8 Å². The molecule has 1 amide bonds. The second kappa shape index (κ2) is 9.42. The highest BCUT2D eigenvalue weighted by molar-refractivity contribution is 5.68. The van der Waals surface area contributed by atoms with Crippen LogP contribution in [0.4, 0.5) is 4.79 Å². The van der Waals surface area contributed by atoms with Crippen LogP contribution in [0.25, 0.3) is 0 Å². The number of carbonyl (C=O) groups is 1. The van der Waals surface area contributed by atoms with Crippen LogP contribution in [-0.4, -0.2) is 61.2 Å². The predicted octanol–water partition coefficient (Wildman–Crippen LogP) is 3.43. The summed E-state index contributed by atoms with van der Waals surface area (Å²) in [5.41, 5.74) is 0.593. The van der Waals surface area contributed by atoms with Crippen LogP contribution in [0.5, 0.6) is 5.75 Å². The number of aliphatic hydroxyl groups is 1. The number of hydrogen-bond acceptors (Lipinski definition) is 5. The molecule has 3 atom stereocenters. The number of piperidine rings is 1. The lowest BCUT2D eigenvalue weighted by molar-refractivity contribution is -0.00764. The van der Waals surface area contributed by atoms with Gasteiger partial charge in [-0.2, -0.15) is 0 Å². The molecule has 1 aromatic carbocycles. The summed E-state index contributed by atoms with van der Waals surface area (Å²) in [6, 6.07) is 7.87. The Morgan fingerprint density at radius 2 is 2.04 bits per heavy atom. The highest BCUT2D eigenvalue weighted by atomic mass is 16.6. The Kier molecular flexibility index (Phi) is 7.50. The van der Waals surface area contributed by atoms with E-state index in [1.54, 1.807) is 12.0 Å². The molecule has 0 unspecified atom stereocenters. The van der Waals surface area contributed by atoms with Gasteiger partial charge in [-0.05, 0) is 57.7 Å². The molecule has 1 aliphatic rings. The number of rotatable bonds is 6. The van der Waals surface area contributed by atoms with E-state index in [1.165, 1.54) is 0 Å². The van der Waals surface area contributed by atoms with E-state index in [4.69, 9.17) is 14.2 Å². The van der Waals surface area contributed by atoms with E-state index in [0.29, 0.717) is 19.8 Å². The van der Waals surface area contributed by atoms with E-state index in [0.717, 1.165) is 17.7 Å². The Bertz CT molecular complexity index is 613. The third-order valence-electron chi connectivity index (χ3n) is 4.99. The first-order valence-electron chi connectivity index (χ1n) is 9.59. The third kappa shape index (κ3) is 5.84. The summed E-state index contributed by atoms with van der Waals surface area (Å²) in [5, 5.41) is 10.0. The average Bonchev–Trinajstić information content (AvgIpc) is 2.60. The summed E-state index contributed by atoms with van der Waals surface area (Å²) in [7, 11) is 1.64. The first kappa shape index (κ1) is 21.5. The molecule has 1 aromatic rings. The van der Waals surface area contributed by atoms with E-state index in [9.17, 15) is 9.90 Å². The van der Waals surface area contributed by atoms with Crippen molar-refractivity contribution in [3.63, 3.8) is 0 Å². The minimum absolute atomic E-state index is 0.0138. The van der Waals surface area contributed by atoms with Gasteiger partial charge in [0.2, 0.25) is 0 Å². The number of likely N-dealkylation sites (tertiary alicyclic amines) is 1. The number of hydrogen-bond donors (Lipinski definition) is 1. The zero-order valence-corrected chi connectivity index (χ0v) is 17.1. The second-order valence-corrected chi connectivity index (χ2v) is 8.07. The molecule has 0 aromatic heterocycles. The van der Waals surface area contributed by atoms with Gasteiger partial charge in [-0.3, -0.25) is 0 Å². The Balaban J connectivity index is 2.11. The van der Waals surface area contributed by atoms with Crippen LogP contribution in [0.2, 0.25) is 0 Å². The van der Waals surface area contributed by atoms with Crippen LogP contribution in [0.3, 0.4) is 0 Å². The normalized spacial score (nSPS) is 23.2. The van der Waals surface area contributed by atoms with Gasteiger partial charge in [0.05, 0.1) is 6.61 Å². The summed E-state index contributed by atoms with van der Waals surface area (Å²) >= 11 is 0. The number of methoxy groups -OCH3 is 1. The molecule has 1 fully saturated rings. The highest BCUT2D eigenvalue weighted by Crippen LogP contribution is 2.38. The predicted molar refractivity (Wildman–Crippen MR) is 104 cm³/mol. The molecule has 0 radical (unpaired) electrons. The smallest absolute Gasteiger partial charge is 0.410 e. The maximum atomic E-state index is 12.5. The molecular weight excluding hydrogens is 346 g/mol. The second-order valence-electron chi connectivity index (χ2n) is 8.07. The largest absolute Gasteiger partial charge is 0.491 e. The van der Waals surface area contributed by atoms with Crippen molar-refractivity contribution in [2.24, 2.45) is 5.92 Å². The molecule has 27 heavy (non-hydrogen) atoms. The minimum atomic E-state index is -0.532. The van der Waals surface area contributed by atoms with E-state index >= 15 is 0 Å². The number of ether oxygens (including phenoxy) is 3. The lowest BCUT2D eigenvalue weighted by atomic mass is 9.76. The van der Waals surface area contributed by atoms with Gasteiger partial charge in [0, 0.05) is 32.2 Å². The van der Waals surface area contributed by atoms with Crippen LogP contribution >= 0.6 is 0 Å². The van der Waals surface area contributed by atoms with Crippen molar-refractivity contribution in [2.75, 3.05) is 33.5 Å². The van der Waals surface area contributed by atoms with Crippen molar-refractivity contribution in [3.8, 4) is 5.75 Å². The number of benzene rings is 1. The van der Waals surface area contributed by atoms with Crippen molar-refractivity contribution in [1.82, 2.24) is 4.90 Å². The fraction of sp³-hybridized carbons (Fsp3) is 0.667.